The van der Waals surface area contributed by atoms with E-state index in [2.05, 4.69) is 15.1 Å². The van der Waals surface area contributed by atoms with E-state index in [0.29, 0.717) is 22.2 Å². The third-order valence-corrected chi connectivity index (χ3v) is 3.18. The van der Waals surface area contributed by atoms with E-state index in [1.807, 2.05) is 0 Å². The fourth-order valence-corrected chi connectivity index (χ4v) is 2.10. The van der Waals surface area contributed by atoms with Gasteiger partial charge in [-0.3, -0.25) is 10.1 Å². The number of thiazole rings is 1. The van der Waals surface area contributed by atoms with Crippen LogP contribution in [0.15, 0.2) is 34.2 Å². The number of hydrogen-bond donors (Lipinski definition) is 1. The number of non-ortho nitro benzene ring substituents is 1. The zero-order valence-corrected chi connectivity index (χ0v) is 10.7. The van der Waals surface area contributed by atoms with Gasteiger partial charge in [-0.15, -0.1) is 11.3 Å². The number of nitrogens with two attached hydrogens (primary N) is 1. The van der Waals surface area contributed by atoms with Crippen molar-refractivity contribution in [3.63, 3.8) is 0 Å². The van der Waals surface area contributed by atoms with Gasteiger partial charge in [0.1, 0.15) is 5.69 Å². The molecule has 0 aliphatic heterocycles. The van der Waals surface area contributed by atoms with E-state index in [-0.39, 0.29) is 11.6 Å². The summed E-state index contributed by atoms with van der Waals surface area (Å²) in [7, 11) is 0. The van der Waals surface area contributed by atoms with Gasteiger partial charge in [0, 0.05) is 23.1 Å². The van der Waals surface area contributed by atoms with Crippen molar-refractivity contribution in [1.29, 1.82) is 0 Å². The van der Waals surface area contributed by atoms with E-state index in [0.717, 1.165) is 0 Å². The fourth-order valence-electron chi connectivity index (χ4n) is 1.56. The minimum absolute atomic E-state index is 0.00439. The third-order valence-electron chi connectivity index (χ3n) is 2.50. The average Bonchev–Trinajstić information content (AvgIpc) is 3.07. The lowest BCUT2D eigenvalue weighted by Crippen LogP contribution is -1.88. The highest BCUT2D eigenvalue weighted by atomic mass is 32.1. The van der Waals surface area contributed by atoms with E-state index in [1.165, 1.54) is 23.5 Å². The van der Waals surface area contributed by atoms with Gasteiger partial charge in [-0.2, -0.15) is 4.98 Å². The van der Waals surface area contributed by atoms with Crippen LogP contribution in [-0.4, -0.2) is 20.0 Å². The average molecular weight is 289 g/mol. The Labute approximate surface area is 116 Å². The molecule has 0 atom stereocenters. The lowest BCUT2D eigenvalue weighted by molar-refractivity contribution is -0.384. The Morgan fingerprint density at radius 3 is 2.60 bits per heavy atom. The van der Waals surface area contributed by atoms with Crippen LogP contribution in [0.25, 0.3) is 23.0 Å². The molecule has 3 rings (SSSR count). The summed E-state index contributed by atoms with van der Waals surface area (Å²) in [5.41, 5.74) is 6.66. The van der Waals surface area contributed by atoms with Gasteiger partial charge in [-0.05, 0) is 12.1 Å². The van der Waals surface area contributed by atoms with Crippen LogP contribution in [0.5, 0.6) is 0 Å². The molecule has 0 fully saturated rings. The maximum atomic E-state index is 10.6. The fraction of sp³-hybridized carbons (Fsp3) is 0. The van der Waals surface area contributed by atoms with Crippen molar-refractivity contribution >= 4 is 22.2 Å². The smallest absolute Gasteiger partial charge is 0.277 e. The van der Waals surface area contributed by atoms with Crippen LogP contribution in [-0.2, 0) is 0 Å². The van der Waals surface area contributed by atoms with Crippen LogP contribution in [0.2, 0.25) is 0 Å². The standard InChI is InChI=1S/C11H7N5O3S/c12-11-13-8(5-20-11)10-14-9(15-19-10)6-1-3-7(4-2-6)16(17)18/h1-5H,(H2,12,13). The van der Waals surface area contributed by atoms with E-state index >= 15 is 0 Å². The molecule has 0 unspecified atom stereocenters. The second kappa shape index (κ2) is 4.70. The molecular weight excluding hydrogens is 282 g/mol. The topological polar surface area (TPSA) is 121 Å². The van der Waals surface area contributed by atoms with Gasteiger partial charge in [0.15, 0.2) is 5.13 Å². The van der Waals surface area contributed by atoms with Gasteiger partial charge in [0.05, 0.1) is 4.92 Å². The minimum atomic E-state index is -0.469. The minimum Gasteiger partial charge on any atom is -0.375 e. The lowest BCUT2D eigenvalue weighted by Gasteiger charge is -1.93. The predicted octanol–water partition coefficient (Wildman–Crippen LogP) is 2.35. The second-order valence-electron chi connectivity index (χ2n) is 3.80. The van der Waals surface area contributed by atoms with Gasteiger partial charge >= 0.3 is 0 Å². The molecule has 2 aromatic heterocycles. The molecule has 3 aromatic rings. The molecule has 9 heteroatoms. The molecule has 20 heavy (non-hydrogen) atoms. The predicted molar refractivity (Wildman–Crippen MR) is 71.9 cm³/mol. The van der Waals surface area contributed by atoms with Crippen LogP contribution in [0.1, 0.15) is 0 Å². The van der Waals surface area contributed by atoms with E-state index in [4.69, 9.17) is 10.3 Å². The van der Waals surface area contributed by atoms with Crippen molar-refractivity contribution in [3.8, 4) is 23.0 Å². The SMILES string of the molecule is Nc1nc(-c2nc(-c3ccc([N+](=O)[O-])cc3)no2)cs1. The van der Waals surface area contributed by atoms with E-state index in [1.54, 1.807) is 17.5 Å². The molecule has 0 saturated carbocycles. The maximum Gasteiger partial charge on any atom is 0.277 e. The van der Waals surface area contributed by atoms with Crippen LogP contribution >= 0.6 is 11.3 Å². The van der Waals surface area contributed by atoms with Crippen LogP contribution in [0.4, 0.5) is 10.8 Å². The molecular formula is C11H7N5O3S. The Kier molecular flexibility index (Phi) is 2.88. The summed E-state index contributed by atoms with van der Waals surface area (Å²) < 4.78 is 5.09. The molecule has 0 aliphatic rings. The maximum absolute atomic E-state index is 10.6. The number of nitro groups is 1. The molecule has 100 valence electrons. The molecule has 2 heterocycles. The first kappa shape index (κ1) is 12.2. The number of aromatic nitrogens is 3. The van der Waals surface area contributed by atoms with Crippen molar-refractivity contribution in [3.05, 3.63) is 39.8 Å². The molecule has 0 aliphatic carbocycles. The molecule has 0 amide bonds. The molecule has 8 nitrogen and oxygen atoms in total. The third kappa shape index (κ3) is 2.21. The van der Waals surface area contributed by atoms with E-state index in [9.17, 15) is 10.1 Å². The quantitative estimate of drug-likeness (QED) is 0.580. The van der Waals surface area contributed by atoms with Gasteiger partial charge in [-0.25, -0.2) is 4.98 Å². The highest BCUT2D eigenvalue weighted by Gasteiger charge is 2.14. The van der Waals surface area contributed by atoms with Crippen molar-refractivity contribution in [2.24, 2.45) is 0 Å². The number of benzene rings is 1. The second-order valence-corrected chi connectivity index (χ2v) is 4.69. The summed E-state index contributed by atoms with van der Waals surface area (Å²) in [5.74, 6) is 0.591. The number of nitrogens with zero attached hydrogens (tertiary/aromatic N) is 4. The largest absolute Gasteiger partial charge is 0.375 e. The first-order chi connectivity index (χ1) is 9.63. The summed E-state index contributed by atoms with van der Waals surface area (Å²) >= 11 is 1.27. The van der Waals surface area contributed by atoms with Gasteiger partial charge < -0.3 is 10.3 Å². The number of rotatable bonds is 3. The summed E-state index contributed by atoms with van der Waals surface area (Å²) in [5, 5.41) is 16.5. The normalized spacial score (nSPS) is 10.6. The van der Waals surface area contributed by atoms with Crippen molar-refractivity contribution < 1.29 is 9.45 Å². The zero-order chi connectivity index (χ0) is 14.1. The number of nitro benzene ring substituents is 1. The molecule has 0 spiro atoms. The van der Waals surface area contributed by atoms with Crippen LogP contribution < -0.4 is 5.73 Å². The molecule has 0 bridgehead atoms. The Hall–Kier alpha value is -2.81. The first-order valence-electron chi connectivity index (χ1n) is 5.43. The molecule has 1 aromatic carbocycles. The van der Waals surface area contributed by atoms with Gasteiger partial charge in [0.2, 0.25) is 5.82 Å². The molecule has 0 radical (unpaired) electrons. The number of anilines is 1. The van der Waals surface area contributed by atoms with Crippen molar-refractivity contribution in [2.45, 2.75) is 0 Å². The number of nitrogen functional groups attached to an aromatic ring is 1. The Morgan fingerprint density at radius 1 is 1.25 bits per heavy atom. The number of hydrogen-bond acceptors (Lipinski definition) is 8. The molecule has 0 saturated heterocycles. The zero-order valence-electron chi connectivity index (χ0n) is 9.89. The Balaban J connectivity index is 1.91. The van der Waals surface area contributed by atoms with Crippen LogP contribution in [0, 0.1) is 10.1 Å². The Bertz CT molecular complexity index is 764. The highest BCUT2D eigenvalue weighted by molar-refractivity contribution is 7.13. The lowest BCUT2D eigenvalue weighted by atomic mass is 10.2. The van der Waals surface area contributed by atoms with Crippen molar-refractivity contribution in [2.75, 3.05) is 5.73 Å². The van der Waals surface area contributed by atoms with Gasteiger partial charge in [-0.1, -0.05) is 5.16 Å². The summed E-state index contributed by atoms with van der Waals surface area (Å²) in [6.07, 6.45) is 0. The molecule has 2 N–H and O–H groups in total. The highest BCUT2D eigenvalue weighted by Crippen LogP contribution is 2.25. The summed E-state index contributed by atoms with van der Waals surface area (Å²) in [6, 6.07) is 5.88. The van der Waals surface area contributed by atoms with Crippen LogP contribution in [0.3, 0.4) is 0 Å². The van der Waals surface area contributed by atoms with E-state index < -0.39 is 4.92 Å². The summed E-state index contributed by atoms with van der Waals surface area (Å²) in [4.78, 5) is 18.3. The Morgan fingerprint density at radius 2 is 2.00 bits per heavy atom. The summed E-state index contributed by atoms with van der Waals surface area (Å²) in [6.45, 7) is 0. The van der Waals surface area contributed by atoms with Crippen molar-refractivity contribution in [1.82, 2.24) is 15.1 Å². The monoisotopic (exact) mass is 289 g/mol. The van der Waals surface area contributed by atoms with Gasteiger partial charge in [0.25, 0.3) is 11.6 Å². The first-order valence-corrected chi connectivity index (χ1v) is 6.31.